The van der Waals surface area contributed by atoms with Crippen molar-refractivity contribution in [3.8, 4) is 0 Å². The summed E-state index contributed by atoms with van der Waals surface area (Å²) in [5.41, 5.74) is 5.58. The minimum atomic E-state index is -4.61. The summed E-state index contributed by atoms with van der Waals surface area (Å²) < 4.78 is 41.7. The lowest BCUT2D eigenvalue weighted by Crippen LogP contribution is -2.44. The number of amides is 2. The maximum atomic E-state index is 13.3. The highest BCUT2D eigenvalue weighted by atomic mass is 35.5. The van der Waals surface area contributed by atoms with E-state index < -0.39 is 11.7 Å². The number of nitrogens with zero attached hydrogens (tertiary/aromatic N) is 5. The molecular weight excluding hydrogens is 584 g/mol. The van der Waals surface area contributed by atoms with Crippen molar-refractivity contribution in [1.82, 2.24) is 24.4 Å². The Labute approximate surface area is 243 Å². The van der Waals surface area contributed by atoms with E-state index in [0.717, 1.165) is 25.0 Å². The van der Waals surface area contributed by atoms with Crippen LogP contribution in [0.2, 0.25) is 10.0 Å². The molecule has 10 nitrogen and oxygen atoms in total. The van der Waals surface area contributed by atoms with Crippen molar-refractivity contribution in [3.05, 3.63) is 33.9 Å². The number of carbonyl (C=O) groups is 2. The summed E-state index contributed by atoms with van der Waals surface area (Å²) in [6.07, 6.45) is 0.985. The predicted molar refractivity (Wildman–Crippen MR) is 149 cm³/mol. The number of aromatic nitrogens is 4. The molecule has 1 saturated carbocycles. The fourth-order valence-electron chi connectivity index (χ4n) is 5.54. The maximum Gasteiger partial charge on any atom is 0.416 e. The van der Waals surface area contributed by atoms with Crippen molar-refractivity contribution in [2.45, 2.75) is 63.7 Å². The van der Waals surface area contributed by atoms with Gasteiger partial charge in [0.05, 0.1) is 27.5 Å². The number of alkyl halides is 3. The summed E-state index contributed by atoms with van der Waals surface area (Å²) in [4.78, 5) is 39.2. The lowest BCUT2D eigenvalue weighted by molar-refractivity contribution is -0.137. The van der Waals surface area contributed by atoms with Crippen LogP contribution in [0.4, 0.5) is 30.8 Å². The molecule has 220 valence electrons. The molecule has 1 aliphatic heterocycles. The van der Waals surface area contributed by atoms with Gasteiger partial charge in [-0.05, 0) is 50.7 Å². The number of benzene rings is 1. The molecule has 1 unspecified atom stereocenters. The predicted octanol–water partition coefficient (Wildman–Crippen LogP) is 5.53. The molecule has 15 heteroatoms. The fraction of sp³-hybridized carbons (Fsp3) is 0.500. The average molecular weight is 613 g/mol. The molecule has 0 spiro atoms. The standard InChI is InChI=1S/C26H29Cl2F3N8O2/c1-13(40)38-8-2-3-16(12-38)34-24-33-11-20-23(37-24)39(17-6-4-14(5-7-17)22(32)41)25(35-20)36-21-18(27)9-15(10-19(21)28)26(29,30)31/h9-11,14,16-17H,2-8,12H2,1H3,(H2,32,41)(H,35,36)(H,33,34,37). The van der Waals surface area contributed by atoms with Gasteiger partial charge < -0.3 is 21.3 Å². The number of hydrogen-bond donors (Lipinski definition) is 3. The van der Waals surface area contributed by atoms with E-state index >= 15 is 0 Å². The molecule has 1 atom stereocenters. The van der Waals surface area contributed by atoms with Crippen LogP contribution < -0.4 is 16.4 Å². The van der Waals surface area contributed by atoms with E-state index in [1.54, 1.807) is 18.0 Å². The van der Waals surface area contributed by atoms with Gasteiger partial charge in [-0.15, -0.1) is 0 Å². The number of hydrogen-bond acceptors (Lipinski definition) is 7. The quantitative estimate of drug-likeness (QED) is 0.333. The number of primary amides is 1. The van der Waals surface area contributed by atoms with Crippen LogP contribution in [0.15, 0.2) is 18.3 Å². The van der Waals surface area contributed by atoms with Gasteiger partial charge in [-0.2, -0.15) is 18.2 Å². The highest BCUT2D eigenvalue weighted by Crippen LogP contribution is 2.42. The molecule has 1 aliphatic carbocycles. The van der Waals surface area contributed by atoms with Gasteiger partial charge in [0.2, 0.25) is 23.7 Å². The minimum absolute atomic E-state index is 0.00816. The Morgan fingerprint density at radius 1 is 1.07 bits per heavy atom. The molecule has 3 heterocycles. The number of imidazole rings is 1. The Bertz CT molecular complexity index is 1450. The third-order valence-electron chi connectivity index (χ3n) is 7.70. The van der Waals surface area contributed by atoms with Crippen LogP contribution in [0.25, 0.3) is 11.2 Å². The summed E-state index contributed by atoms with van der Waals surface area (Å²) in [5.74, 6) is 0.0592. The Hall–Kier alpha value is -3.32. The number of halogens is 5. The number of likely N-dealkylation sites (tertiary alicyclic amines) is 1. The Morgan fingerprint density at radius 2 is 1.76 bits per heavy atom. The molecule has 2 aromatic heterocycles. The van der Waals surface area contributed by atoms with E-state index in [1.807, 2.05) is 4.57 Å². The maximum absolute atomic E-state index is 13.3. The Kier molecular flexibility index (Phi) is 8.20. The summed E-state index contributed by atoms with van der Waals surface area (Å²) in [5, 5.41) is 5.90. The first-order chi connectivity index (χ1) is 19.4. The van der Waals surface area contributed by atoms with E-state index in [0.29, 0.717) is 55.9 Å². The van der Waals surface area contributed by atoms with Crippen molar-refractivity contribution >= 4 is 63.8 Å². The summed E-state index contributed by atoms with van der Waals surface area (Å²) >= 11 is 12.5. The highest BCUT2D eigenvalue weighted by molar-refractivity contribution is 6.39. The largest absolute Gasteiger partial charge is 0.416 e. The normalized spacial score (nSPS) is 21.6. The average Bonchev–Trinajstić information content (AvgIpc) is 3.27. The molecule has 5 rings (SSSR count). The monoisotopic (exact) mass is 612 g/mol. The van der Waals surface area contributed by atoms with Crippen molar-refractivity contribution in [2.24, 2.45) is 11.7 Å². The summed E-state index contributed by atoms with van der Waals surface area (Å²) in [7, 11) is 0. The van der Waals surface area contributed by atoms with Gasteiger partial charge in [0.25, 0.3) is 0 Å². The zero-order chi connectivity index (χ0) is 29.5. The van der Waals surface area contributed by atoms with E-state index in [2.05, 4.69) is 20.6 Å². The summed E-state index contributed by atoms with van der Waals surface area (Å²) in [6.45, 7) is 2.78. The zero-order valence-corrected chi connectivity index (χ0v) is 23.7. The minimum Gasteiger partial charge on any atom is -0.369 e. The number of fused-ring (bicyclic) bond motifs is 1. The SMILES string of the molecule is CC(=O)N1CCCC(Nc2ncc3nc(Nc4c(Cl)cc(C(F)(F)F)cc4Cl)n(C4CCC(C(N)=O)CC4)c3n2)C1. The van der Waals surface area contributed by atoms with Crippen LogP contribution in [0.3, 0.4) is 0 Å². The van der Waals surface area contributed by atoms with Crippen molar-refractivity contribution in [2.75, 3.05) is 23.7 Å². The van der Waals surface area contributed by atoms with Gasteiger partial charge in [-0.25, -0.2) is 9.97 Å². The molecule has 2 aliphatic rings. The Morgan fingerprint density at radius 3 is 2.37 bits per heavy atom. The summed E-state index contributed by atoms with van der Waals surface area (Å²) in [6, 6.07) is 1.43. The molecular formula is C26H29Cl2F3N8O2. The van der Waals surface area contributed by atoms with Gasteiger partial charge in [-0.3, -0.25) is 14.2 Å². The van der Waals surface area contributed by atoms with Gasteiger partial charge in [0.1, 0.15) is 5.52 Å². The van der Waals surface area contributed by atoms with E-state index in [-0.39, 0.29) is 51.5 Å². The molecule has 2 fully saturated rings. The molecule has 4 N–H and O–H groups in total. The van der Waals surface area contributed by atoms with Crippen LogP contribution in [-0.4, -0.2) is 55.4 Å². The molecule has 1 aromatic carbocycles. The fourth-order valence-corrected chi connectivity index (χ4v) is 6.13. The van der Waals surface area contributed by atoms with E-state index in [9.17, 15) is 22.8 Å². The molecule has 0 radical (unpaired) electrons. The number of nitrogens with two attached hydrogens (primary N) is 1. The first-order valence-corrected chi connectivity index (χ1v) is 14.1. The first-order valence-electron chi connectivity index (χ1n) is 13.3. The second-order valence-corrected chi connectivity index (χ2v) is 11.3. The van der Waals surface area contributed by atoms with Crippen molar-refractivity contribution in [3.63, 3.8) is 0 Å². The topological polar surface area (TPSA) is 131 Å². The second kappa shape index (κ2) is 11.5. The number of rotatable bonds is 6. The third kappa shape index (κ3) is 6.30. The molecule has 3 aromatic rings. The lowest BCUT2D eigenvalue weighted by Gasteiger charge is -2.32. The number of piperidine rings is 1. The second-order valence-electron chi connectivity index (χ2n) is 10.5. The van der Waals surface area contributed by atoms with Gasteiger partial charge in [0.15, 0.2) is 5.65 Å². The molecule has 1 saturated heterocycles. The van der Waals surface area contributed by atoms with Crippen molar-refractivity contribution < 1.29 is 22.8 Å². The molecule has 41 heavy (non-hydrogen) atoms. The number of nitrogens with one attached hydrogen (secondary N) is 2. The highest BCUT2D eigenvalue weighted by Gasteiger charge is 2.33. The number of anilines is 3. The van der Waals surface area contributed by atoms with E-state index in [4.69, 9.17) is 33.9 Å². The third-order valence-corrected chi connectivity index (χ3v) is 8.30. The number of carbonyl (C=O) groups excluding carboxylic acids is 2. The van der Waals surface area contributed by atoms with Crippen LogP contribution >= 0.6 is 23.2 Å². The first kappa shape index (κ1) is 29.2. The van der Waals surface area contributed by atoms with Gasteiger partial charge >= 0.3 is 6.18 Å². The Balaban J connectivity index is 1.51. The van der Waals surface area contributed by atoms with Crippen LogP contribution in [-0.2, 0) is 15.8 Å². The van der Waals surface area contributed by atoms with Crippen LogP contribution in [0, 0.1) is 5.92 Å². The molecule has 0 bridgehead atoms. The lowest BCUT2D eigenvalue weighted by atomic mass is 9.85. The van der Waals surface area contributed by atoms with Gasteiger partial charge in [0, 0.05) is 38.0 Å². The van der Waals surface area contributed by atoms with Gasteiger partial charge in [-0.1, -0.05) is 23.2 Å². The van der Waals surface area contributed by atoms with E-state index in [1.165, 1.54) is 0 Å². The molecule has 2 amide bonds. The zero-order valence-electron chi connectivity index (χ0n) is 22.1. The van der Waals surface area contributed by atoms with Crippen LogP contribution in [0.5, 0.6) is 0 Å². The van der Waals surface area contributed by atoms with Crippen LogP contribution in [0.1, 0.15) is 57.1 Å². The smallest absolute Gasteiger partial charge is 0.369 e. The van der Waals surface area contributed by atoms with Crippen molar-refractivity contribution in [1.29, 1.82) is 0 Å².